The molecule has 1 heterocycles. The first kappa shape index (κ1) is 15.9. The number of carbonyl (C=O) groups is 1. The quantitative estimate of drug-likeness (QED) is 0.905. The molecule has 1 aliphatic rings. The van der Waals surface area contributed by atoms with E-state index in [2.05, 4.69) is 18.7 Å². The van der Waals surface area contributed by atoms with Crippen molar-refractivity contribution in [3.63, 3.8) is 0 Å². The zero-order valence-corrected chi connectivity index (χ0v) is 12.6. The van der Waals surface area contributed by atoms with Crippen LogP contribution in [0.3, 0.4) is 0 Å². The Kier molecular flexibility index (Phi) is 5.31. The summed E-state index contributed by atoms with van der Waals surface area (Å²) in [5, 5.41) is 9.58. The molecule has 1 aromatic rings. The molecular formula is C16H23FN2O2. The summed E-state index contributed by atoms with van der Waals surface area (Å²) in [6.07, 6.45) is 1.00. The van der Waals surface area contributed by atoms with Crippen molar-refractivity contribution in [3.8, 4) is 0 Å². The summed E-state index contributed by atoms with van der Waals surface area (Å²) in [5.41, 5.74) is 0.642. The Morgan fingerprint density at radius 1 is 1.33 bits per heavy atom. The van der Waals surface area contributed by atoms with Crippen LogP contribution in [0.4, 0.5) is 4.39 Å². The summed E-state index contributed by atoms with van der Waals surface area (Å²) < 4.78 is 13.0. The standard InChI is InChI=1S/C16H23FN2O2/c1-3-14-11-19(10-9-18(14)4-2)15(16(20)21)12-5-7-13(17)8-6-12/h5-8,14-15H,3-4,9-11H2,1-2H3,(H,20,21). The second-order valence-corrected chi connectivity index (χ2v) is 5.48. The van der Waals surface area contributed by atoms with E-state index in [1.807, 2.05) is 4.90 Å². The number of rotatable bonds is 5. The fourth-order valence-corrected chi connectivity index (χ4v) is 3.11. The minimum atomic E-state index is -0.874. The Morgan fingerprint density at radius 2 is 2.00 bits per heavy atom. The first-order valence-corrected chi connectivity index (χ1v) is 7.53. The van der Waals surface area contributed by atoms with Crippen molar-refractivity contribution in [1.29, 1.82) is 0 Å². The van der Waals surface area contributed by atoms with Gasteiger partial charge >= 0.3 is 5.97 Å². The predicted molar refractivity (Wildman–Crippen MR) is 79.7 cm³/mol. The molecule has 0 spiro atoms. The molecule has 2 unspecified atom stereocenters. The fraction of sp³-hybridized carbons (Fsp3) is 0.562. The van der Waals surface area contributed by atoms with Gasteiger partial charge in [0.15, 0.2) is 0 Å². The van der Waals surface area contributed by atoms with Crippen LogP contribution in [-0.4, -0.2) is 53.1 Å². The monoisotopic (exact) mass is 294 g/mol. The maximum absolute atomic E-state index is 13.0. The Morgan fingerprint density at radius 3 is 2.52 bits per heavy atom. The van der Waals surface area contributed by atoms with Crippen LogP contribution in [0.15, 0.2) is 24.3 Å². The van der Waals surface area contributed by atoms with Gasteiger partial charge in [0.1, 0.15) is 11.9 Å². The molecule has 0 saturated carbocycles. The van der Waals surface area contributed by atoms with E-state index in [4.69, 9.17) is 0 Å². The van der Waals surface area contributed by atoms with Crippen molar-refractivity contribution in [3.05, 3.63) is 35.6 Å². The van der Waals surface area contributed by atoms with Gasteiger partial charge in [0.2, 0.25) is 0 Å². The molecule has 5 heteroatoms. The Labute approximate surface area is 125 Å². The van der Waals surface area contributed by atoms with Crippen LogP contribution in [0.25, 0.3) is 0 Å². The molecule has 0 aromatic heterocycles. The van der Waals surface area contributed by atoms with Gasteiger partial charge in [-0.3, -0.25) is 14.6 Å². The van der Waals surface area contributed by atoms with Gasteiger partial charge in [-0.1, -0.05) is 26.0 Å². The van der Waals surface area contributed by atoms with E-state index in [1.165, 1.54) is 12.1 Å². The zero-order chi connectivity index (χ0) is 15.4. The first-order chi connectivity index (χ1) is 10.1. The lowest BCUT2D eigenvalue weighted by Gasteiger charge is -2.43. The summed E-state index contributed by atoms with van der Waals surface area (Å²) in [6.45, 7) is 7.58. The molecule has 1 saturated heterocycles. The number of carboxylic acids is 1. The topological polar surface area (TPSA) is 43.8 Å². The van der Waals surface area contributed by atoms with E-state index in [0.29, 0.717) is 11.6 Å². The number of hydrogen-bond acceptors (Lipinski definition) is 3. The third-order valence-electron chi connectivity index (χ3n) is 4.30. The van der Waals surface area contributed by atoms with Crippen LogP contribution < -0.4 is 0 Å². The van der Waals surface area contributed by atoms with E-state index in [-0.39, 0.29) is 5.82 Å². The van der Waals surface area contributed by atoms with Crippen molar-refractivity contribution >= 4 is 5.97 Å². The normalized spacial score (nSPS) is 22.1. The largest absolute Gasteiger partial charge is 0.480 e. The molecule has 1 aromatic carbocycles. The summed E-state index contributed by atoms with van der Waals surface area (Å²) >= 11 is 0. The maximum Gasteiger partial charge on any atom is 0.325 e. The predicted octanol–water partition coefficient (Wildman–Crippen LogP) is 2.37. The second kappa shape index (κ2) is 7.00. The van der Waals surface area contributed by atoms with Crippen molar-refractivity contribution in [1.82, 2.24) is 9.80 Å². The van der Waals surface area contributed by atoms with E-state index >= 15 is 0 Å². The molecule has 2 rings (SSSR count). The average molecular weight is 294 g/mol. The lowest BCUT2D eigenvalue weighted by Crippen LogP contribution is -2.54. The number of aliphatic carboxylic acids is 1. The van der Waals surface area contributed by atoms with Crippen LogP contribution in [-0.2, 0) is 4.79 Å². The van der Waals surface area contributed by atoms with E-state index in [0.717, 1.165) is 32.6 Å². The van der Waals surface area contributed by atoms with Crippen molar-refractivity contribution in [2.24, 2.45) is 0 Å². The average Bonchev–Trinajstić information content (AvgIpc) is 2.49. The SMILES string of the molecule is CCC1CN(C(C(=O)O)c2ccc(F)cc2)CCN1CC. The molecule has 21 heavy (non-hydrogen) atoms. The Balaban J connectivity index is 2.19. The maximum atomic E-state index is 13.0. The van der Waals surface area contributed by atoms with Crippen molar-refractivity contribution < 1.29 is 14.3 Å². The lowest BCUT2D eigenvalue weighted by atomic mass is 10.0. The minimum Gasteiger partial charge on any atom is -0.480 e. The summed E-state index contributed by atoms with van der Waals surface area (Å²) in [5.74, 6) is -1.22. The minimum absolute atomic E-state index is 0.342. The number of halogens is 1. The van der Waals surface area contributed by atoms with Gasteiger partial charge in [-0.2, -0.15) is 0 Å². The number of benzene rings is 1. The van der Waals surface area contributed by atoms with E-state index in [1.54, 1.807) is 12.1 Å². The van der Waals surface area contributed by atoms with E-state index in [9.17, 15) is 14.3 Å². The third kappa shape index (κ3) is 3.60. The summed E-state index contributed by atoms with van der Waals surface area (Å²) in [4.78, 5) is 16.1. The van der Waals surface area contributed by atoms with Gasteiger partial charge in [-0.05, 0) is 30.7 Å². The number of carboxylic acid groups (broad SMARTS) is 1. The first-order valence-electron chi connectivity index (χ1n) is 7.53. The number of hydrogen-bond donors (Lipinski definition) is 1. The molecule has 116 valence electrons. The highest BCUT2D eigenvalue weighted by Crippen LogP contribution is 2.25. The highest BCUT2D eigenvalue weighted by Gasteiger charge is 2.33. The Bertz CT molecular complexity index is 478. The molecule has 1 fully saturated rings. The highest BCUT2D eigenvalue weighted by molar-refractivity contribution is 5.75. The molecule has 0 bridgehead atoms. The van der Waals surface area contributed by atoms with Gasteiger partial charge in [-0.15, -0.1) is 0 Å². The molecule has 0 radical (unpaired) electrons. The van der Waals surface area contributed by atoms with Gasteiger partial charge in [0, 0.05) is 25.7 Å². The molecular weight excluding hydrogens is 271 g/mol. The fourth-order valence-electron chi connectivity index (χ4n) is 3.11. The highest BCUT2D eigenvalue weighted by atomic mass is 19.1. The molecule has 2 atom stereocenters. The van der Waals surface area contributed by atoms with Crippen molar-refractivity contribution in [2.75, 3.05) is 26.2 Å². The van der Waals surface area contributed by atoms with Crippen LogP contribution in [0.1, 0.15) is 31.9 Å². The molecule has 1 N–H and O–H groups in total. The zero-order valence-electron chi connectivity index (χ0n) is 12.6. The van der Waals surface area contributed by atoms with Gasteiger partial charge in [0.05, 0.1) is 0 Å². The van der Waals surface area contributed by atoms with E-state index < -0.39 is 12.0 Å². The number of nitrogens with zero attached hydrogens (tertiary/aromatic N) is 2. The smallest absolute Gasteiger partial charge is 0.325 e. The summed E-state index contributed by atoms with van der Waals surface area (Å²) in [7, 11) is 0. The van der Waals surface area contributed by atoms with Crippen LogP contribution in [0.5, 0.6) is 0 Å². The number of piperazine rings is 1. The van der Waals surface area contributed by atoms with Crippen LogP contribution in [0.2, 0.25) is 0 Å². The second-order valence-electron chi connectivity index (χ2n) is 5.48. The van der Waals surface area contributed by atoms with Gasteiger partial charge in [-0.25, -0.2) is 4.39 Å². The van der Waals surface area contributed by atoms with Gasteiger partial charge < -0.3 is 5.11 Å². The molecule has 1 aliphatic heterocycles. The lowest BCUT2D eigenvalue weighted by molar-refractivity contribution is -0.145. The summed E-state index contributed by atoms with van der Waals surface area (Å²) in [6, 6.07) is 5.47. The molecule has 0 aliphatic carbocycles. The third-order valence-corrected chi connectivity index (χ3v) is 4.30. The number of likely N-dealkylation sites (N-methyl/N-ethyl adjacent to an activating group) is 1. The van der Waals surface area contributed by atoms with Gasteiger partial charge in [0.25, 0.3) is 0 Å². The Hall–Kier alpha value is -1.46. The van der Waals surface area contributed by atoms with Crippen LogP contribution in [0, 0.1) is 5.82 Å². The van der Waals surface area contributed by atoms with Crippen LogP contribution >= 0.6 is 0 Å². The molecule has 4 nitrogen and oxygen atoms in total. The molecule has 0 amide bonds. The van der Waals surface area contributed by atoms with Crippen molar-refractivity contribution in [2.45, 2.75) is 32.4 Å².